The van der Waals surface area contributed by atoms with E-state index in [0.29, 0.717) is 30.6 Å². The summed E-state index contributed by atoms with van der Waals surface area (Å²) in [4.78, 5) is 11.9. The van der Waals surface area contributed by atoms with Crippen LogP contribution in [0.3, 0.4) is 0 Å². The van der Waals surface area contributed by atoms with Crippen LogP contribution in [0.4, 0.5) is 5.69 Å². The van der Waals surface area contributed by atoms with Gasteiger partial charge in [0.05, 0.1) is 18.4 Å². The van der Waals surface area contributed by atoms with Crippen LogP contribution in [-0.2, 0) is 11.8 Å². The van der Waals surface area contributed by atoms with Crippen LogP contribution in [0.15, 0.2) is 12.3 Å². The summed E-state index contributed by atoms with van der Waals surface area (Å²) in [5.41, 5.74) is 6.83. The van der Waals surface area contributed by atoms with Crippen molar-refractivity contribution in [3.05, 3.63) is 18.0 Å². The van der Waals surface area contributed by atoms with E-state index in [1.54, 1.807) is 16.8 Å². The number of anilines is 1. The van der Waals surface area contributed by atoms with Crippen LogP contribution in [0.1, 0.15) is 42.6 Å². The third kappa shape index (κ3) is 3.99. The number of nitrogens with two attached hydrogens (primary N) is 1. The Hall–Kier alpha value is -1.49. The zero-order valence-corrected chi connectivity index (χ0v) is 11.5. The van der Waals surface area contributed by atoms with Gasteiger partial charge < -0.3 is 20.4 Å². The highest BCUT2D eigenvalue weighted by Crippen LogP contribution is 2.19. The Kier molecular flexibility index (Phi) is 4.85. The second kappa shape index (κ2) is 6.61. The van der Waals surface area contributed by atoms with E-state index in [0.717, 1.165) is 12.8 Å². The molecule has 2 rings (SSSR count). The summed E-state index contributed by atoms with van der Waals surface area (Å²) in [6.07, 6.45) is 8.28. The van der Waals surface area contributed by atoms with Crippen LogP contribution in [-0.4, -0.2) is 29.7 Å². The summed E-state index contributed by atoms with van der Waals surface area (Å²) < 4.78 is 7.49. The largest absolute Gasteiger partial charge is 0.397 e. The first-order valence-electron chi connectivity index (χ1n) is 6.98. The topological polar surface area (TPSA) is 69.3 Å². The van der Waals surface area contributed by atoms with Gasteiger partial charge in [-0.1, -0.05) is 19.3 Å². The van der Waals surface area contributed by atoms with E-state index in [9.17, 15) is 4.79 Å². The number of rotatable bonds is 5. The summed E-state index contributed by atoms with van der Waals surface area (Å²) in [6, 6.07) is 1.68. The van der Waals surface area contributed by atoms with Gasteiger partial charge in [0.25, 0.3) is 5.91 Å². The second-order valence-corrected chi connectivity index (χ2v) is 5.16. The zero-order valence-electron chi connectivity index (χ0n) is 11.5. The molecule has 1 aromatic rings. The third-order valence-corrected chi connectivity index (χ3v) is 3.55. The van der Waals surface area contributed by atoms with Crippen molar-refractivity contribution in [3.8, 4) is 0 Å². The minimum Gasteiger partial charge on any atom is -0.397 e. The molecule has 1 fully saturated rings. The number of hydrogen-bond acceptors (Lipinski definition) is 3. The van der Waals surface area contributed by atoms with Gasteiger partial charge in [-0.2, -0.15) is 0 Å². The number of amides is 1. The number of carbonyl (C=O) groups excluding carboxylic acids is 1. The lowest BCUT2D eigenvalue weighted by atomic mass is 9.98. The molecule has 0 atom stereocenters. The fourth-order valence-electron chi connectivity index (χ4n) is 2.53. The van der Waals surface area contributed by atoms with E-state index in [4.69, 9.17) is 10.5 Å². The molecule has 1 amide bonds. The molecule has 1 aliphatic carbocycles. The fraction of sp³-hybridized carbons (Fsp3) is 0.643. The number of hydrogen-bond donors (Lipinski definition) is 2. The molecule has 1 heterocycles. The molecule has 1 saturated carbocycles. The van der Waals surface area contributed by atoms with Crippen molar-refractivity contribution in [1.29, 1.82) is 0 Å². The quantitative estimate of drug-likeness (QED) is 0.796. The van der Waals surface area contributed by atoms with E-state index >= 15 is 0 Å². The van der Waals surface area contributed by atoms with Gasteiger partial charge in [-0.3, -0.25) is 4.79 Å². The Morgan fingerprint density at radius 3 is 2.84 bits per heavy atom. The average molecular weight is 265 g/mol. The maximum atomic E-state index is 11.9. The molecule has 0 spiro atoms. The van der Waals surface area contributed by atoms with E-state index in [1.807, 2.05) is 7.05 Å². The molecule has 0 aliphatic heterocycles. The van der Waals surface area contributed by atoms with Crippen LogP contribution < -0.4 is 11.1 Å². The van der Waals surface area contributed by atoms with Crippen molar-refractivity contribution < 1.29 is 9.53 Å². The van der Waals surface area contributed by atoms with Gasteiger partial charge >= 0.3 is 0 Å². The lowest BCUT2D eigenvalue weighted by Crippen LogP contribution is -2.30. The fourth-order valence-corrected chi connectivity index (χ4v) is 2.53. The molecule has 1 aliphatic rings. The Balaban J connectivity index is 1.67. The van der Waals surface area contributed by atoms with Gasteiger partial charge in [0, 0.05) is 19.8 Å². The van der Waals surface area contributed by atoms with Crippen LogP contribution in [0, 0.1) is 0 Å². The number of carbonyl (C=O) groups is 1. The molecule has 3 N–H and O–H groups in total. The molecule has 0 bridgehead atoms. The normalized spacial score (nSPS) is 16.5. The molecular formula is C14H23N3O2. The highest BCUT2D eigenvalue weighted by molar-refractivity contribution is 5.93. The van der Waals surface area contributed by atoms with Crippen molar-refractivity contribution in [3.63, 3.8) is 0 Å². The number of nitrogens with zero attached hydrogens (tertiary/aromatic N) is 1. The smallest absolute Gasteiger partial charge is 0.268 e. The third-order valence-electron chi connectivity index (χ3n) is 3.55. The van der Waals surface area contributed by atoms with Crippen molar-refractivity contribution >= 4 is 11.6 Å². The molecule has 0 aromatic carbocycles. The van der Waals surface area contributed by atoms with E-state index < -0.39 is 0 Å². The van der Waals surface area contributed by atoms with Crippen LogP contribution in [0.5, 0.6) is 0 Å². The van der Waals surface area contributed by atoms with E-state index in [2.05, 4.69) is 5.32 Å². The van der Waals surface area contributed by atoms with Crippen LogP contribution in [0.2, 0.25) is 0 Å². The summed E-state index contributed by atoms with van der Waals surface area (Å²) >= 11 is 0. The first-order valence-corrected chi connectivity index (χ1v) is 6.98. The van der Waals surface area contributed by atoms with E-state index in [-0.39, 0.29) is 5.91 Å². The second-order valence-electron chi connectivity index (χ2n) is 5.16. The molecule has 0 unspecified atom stereocenters. The van der Waals surface area contributed by atoms with Gasteiger partial charge in [0.1, 0.15) is 5.69 Å². The summed E-state index contributed by atoms with van der Waals surface area (Å²) in [7, 11) is 1.81. The number of ether oxygens (including phenoxy) is 1. The Bertz CT molecular complexity index is 422. The molecule has 106 valence electrons. The number of aryl methyl sites for hydroxylation is 1. The minimum absolute atomic E-state index is 0.105. The van der Waals surface area contributed by atoms with Gasteiger partial charge in [-0.15, -0.1) is 0 Å². The van der Waals surface area contributed by atoms with Gasteiger partial charge in [0.2, 0.25) is 0 Å². The summed E-state index contributed by atoms with van der Waals surface area (Å²) in [5.74, 6) is -0.105. The summed E-state index contributed by atoms with van der Waals surface area (Å²) in [5, 5.41) is 2.85. The van der Waals surface area contributed by atoms with Crippen LogP contribution >= 0.6 is 0 Å². The minimum atomic E-state index is -0.105. The Labute approximate surface area is 114 Å². The lowest BCUT2D eigenvalue weighted by Gasteiger charge is -2.21. The molecule has 0 saturated heterocycles. The number of aromatic nitrogens is 1. The van der Waals surface area contributed by atoms with Crippen molar-refractivity contribution in [2.24, 2.45) is 7.05 Å². The van der Waals surface area contributed by atoms with Crippen molar-refractivity contribution in [2.45, 2.75) is 38.2 Å². The van der Waals surface area contributed by atoms with E-state index in [1.165, 1.54) is 19.3 Å². The van der Waals surface area contributed by atoms with Gasteiger partial charge in [-0.25, -0.2) is 0 Å². The Morgan fingerprint density at radius 1 is 1.47 bits per heavy atom. The highest BCUT2D eigenvalue weighted by Gasteiger charge is 2.14. The molecule has 5 nitrogen and oxygen atoms in total. The predicted molar refractivity (Wildman–Crippen MR) is 75.0 cm³/mol. The highest BCUT2D eigenvalue weighted by atomic mass is 16.5. The number of nitrogens with one attached hydrogen (secondary N) is 1. The average Bonchev–Trinajstić information content (AvgIpc) is 2.75. The standard InChI is InChI=1S/C14H23N3O2/c1-17-10-11(15)9-13(17)14(18)16-7-8-19-12-5-3-2-4-6-12/h9-10,12H,2-8,15H2,1H3,(H,16,18). The molecular weight excluding hydrogens is 242 g/mol. The molecule has 19 heavy (non-hydrogen) atoms. The maximum Gasteiger partial charge on any atom is 0.268 e. The van der Waals surface area contributed by atoms with Gasteiger partial charge in [-0.05, 0) is 18.9 Å². The SMILES string of the molecule is Cn1cc(N)cc1C(=O)NCCOC1CCCCC1. The summed E-state index contributed by atoms with van der Waals surface area (Å²) in [6.45, 7) is 1.12. The van der Waals surface area contributed by atoms with Gasteiger partial charge in [0.15, 0.2) is 0 Å². The first-order chi connectivity index (χ1) is 9.16. The first kappa shape index (κ1) is 13.9. The van der Waals surface area contributed by atoms with Crippen molar-refractivity contribution in [2.75, 3.05) is 18.9 Å². The zero-order chi connectivity index (χ0) is 13.7. The Morgan fingerprint density at radius 2 is 2.21 bits per heavy atom. The lowest BCUT2D eigenvalue weighted by molar-refractivity contribution is 0.0299. The molecule has 0 radical (unpaired) electrons. The van der Waals surface area contributed by atoms with Crippen LogP contribution in [0.25, 0.3) is 0 Å². The van der Waals surface area contributed by atoms with Crippen molar-refractivity contribution in [1.82, 2.24) is 9.88 Å². The molecule has 5 heteroatoms. The monoisotopic (exact) mass is 265 g/mol. The predicted octanol–water partition coefficient (Wildman–Crippen LogP) is 1.69. The maximum absolute atomic E-state index is 11.9. The molecule has 1 aromatic heterocycles. The number of nitrogen functional groups attached to an aromatic ring is 1.